The molecule has 4 nitrogen and oxygen atoms in total. The highest BCUT2D eigenvalue weighted by molar-refractivity contribution is 7.80. The summed E-state index contributed by atoms with van der Waals surface area (Å²) in [5.41, 5.74) is 6.38. The lowest BCUT2D eigenvalue weighted by Crippen LogP contribution is -2.31. The minimum absolute atomic E-state index is 0.334. The van der Waals surface area contributed by atoms with Crippen molar-refractivity contribution < 1.29 is 9.84 Å². The van der Waals surface area contributed by atoms with Crippen LogP contribution in [0.25, 0.3) is 0 Å². The van der Waals surface area contributed by atoms with Crippen LogP contribution in [-0.2, 0) is 0 Å². The van der Waals surface area contributed by atoms with Gasteiger partial charge in [-0.3, -0.25) is 0 Å². The Kier molecular flexibility index (Phi) is 6.04. The zero-order valence-corrected chi connectivity index (χ0v) is 11.6. The van der Waals surface area contributed by atoms with Gasteiger partial charge in [-0.05, 0) is 26.1 Å². The first-order valence-corrected chi connectivity index (χ1v) is 6.29. The van der Waals surface area contributed by atoms with Crippen molar-refractivity contribution in [3.63, 3.8) is 0 Å². The van der Waals surface area contributed by atoms with Crippen LogP contribution in [0.4, 0.5) is 0 Å². The second kappa shape index (κ2) is 7.31. The molecule has 0 amide bonds. The van der Waals surface area contributed by atoms with E-state index in [1.807, 2.05) is 36.2 Å². The van der Waals surface area contributed by atoms with E-state index in [0.29, 0.717) is 23.9 Å². The predicted molar refractivity (Wildman–Crippen MR) is 77.0 cm³/mol. The number of aliphatic hydroxyl groups excluding tert-OH is 1. The molecule has 0 heterocycles. The SMILES string of the molecule is CC(O)CN(C)CCOc1ccccc1C(N)=S. The Bertz CT molecular complexity index is 396. The van der Waals surface area contributed by atoms with E-state index in [0.717, 1.165) is 12.1 Å². The number of benzene rings is 1. The van der Waals surface area contributed by atoms with Gasteiger partial charge in [-0.25, -0.2) is 0 Å². The molecule has 5 heteroatoms. The molecule has 0 radical (unpaired) electrons. The molecule has 18 heavy (non-hydrogen) atoms. The summed E-state index contributed by atoms with van der Waals surface area (Å²) >= 11 is 4.96. The molecule has 0 aliphatic rings. The van der Waals surface area contributed by atoms with Crippen LogP contribution >= 0.6 is 12.2 Å². The molecule has 0 fully saturated rings. The number of rotatable bonds is 7. The Labute approximate surface area is 113 Å². The highest BCUT2D eigenvalue weighted by Crippen LogP contribution is 2.17. The summed E-state index contributed by atoms with van der Waals surface area (Å²) in [6.07, 6.45) is -0.334. The van der Waals surface area contributed by atoms with Crippen LogP contribution in [0.5, 0.6) is 5.75 Å². The average Bonchev–Trinajstić information content (AvgIpc) is 2.28. The van der Waals surface area contributed by atoms with Crippen LogP contribution in [0.15, 0.2) is 24.3 Å². The number of aliphatic hydroxyl groups is 1. The normalized spacial score (nSPS) is 12.4. The van der Waals surface area contributed by atoms with Gasteiger partial charge in [0.1, 0.15) is 17.3 Å². The third-order valence-electron chi connectivity index (χ3n) is 2.46. The number of thiocarbonyl (C=S) groups is 1. The maximum atomic E-state index is 9.24. The van der Waals surface area contributed by atoms with Crippen LogP contribution in [0.2, 0.25) is 0 Å². The molecule has 1 aromatic carbocycles. The van der Waals surface area contributed by atoms with Crippen molar-refractivity contribution in [3.05, 3.63) is 29.8 Å². The van der Waals surface area contributed by atoms with Gasteiger partial charge in [-0.2, -0.15) is 0 Å². The van der Waals surface area contributed by atoms with Crippen LogP contribution in [0, 0.1) is 0 Å². The summed E-state index contributed by atoms with van der Waals surface area (Å²) in [5, 5.41) is 9.24. The maximum absolute atomic E-state index is 9.24. The Morgan fingerprint density at radius 1 is 1.50 bits per heavy atom. The molecule has 0 saturated heterocycles. The summed E-state index contributed by atoms with van der Waals surface area (Å²) in [4.78, 5) is 2.34. The van der Waals surface area contributed by atoms with Gasteiger partial charge >= 0.3 is 0 Å². The molecule has 3 N–H and O–H groups in total. The Balaban J connectivity index is 2.46. The van der Waals surface area contributed by atoms with Crippen molar-refractivity contribution in [2.24, 2.45) is 5.73 Å². The van der Waals surface area contributed by atoms with Crippen LogP contribution in [0.1, 0.15) is 12.5 Å². The monoisotopic (exact) mass is 268 g/mol. The molecule has 1 rings (SSSR count). The van der Waals surface area contributed by atoms with Gasteiger partial charge in [-0.1, -0.05) is 24.4 Å². The smallest absolute Gasteiger partial charge is 0.129 e. The molecule has 0 saturated carbocycles. The van der Waals surface area contributed by atoms with Crippen molar-refractivity contribution in [1.82, 2.24) is 4.90 Å². The predicted octanol–water partition coefficient (Wildman–Crippen LogP) is 1.01. The maximum Gasteiger partial charge on any atom is 0.129 e. The lowest BCUT2D eigenvalue weighted by Gasteiger charge is -2.19. The number of nitrogens with zero attached hydrogens (tertiary/aromatic N) is 1. The van der Waals surface area contributed by atoms with E-state index >= 15 is 0 Å². The second-order valence-corrected chi connectivity index (χ2v) is 4.76. The molecule has 1 atom stereocenters. The third kappa shape index (κ3) is 5.00. The molecule has 0 aliphatic heterocycles. The quantitative estimate of drug-likeness (QED) is 0.723. The molecule has 0 bridgehead atoms. The van der Waals surface area contributed by atoms with E-state index in [1.54, 1.807) is 6.92 Å². The molecule has 100 valence electrons. The van der Waals surface area contributed by atoms with Crippen molar-refractivity contribution in [2.75, 3.05) is 26.7 Å². The number of hydrogen-bond donors (Lipinski definition) is 2. The summed E-state index contributed by atoms with van der Waals surface area (Å²) in [6.45, 7) is 3.65. The van der Waals surface area contributed by atoms with Crippen LogP contribution < -0.4 is 10.5 Å². The molecule has 0 aromatic heterocycles. The van der Waals surface area contributed by atoms with E-state index in [4.69, 9.17) is 22.7 Å². The van der Waals surface area contributed by atoms with Gasteiger partial charge in [-0.15, -0.1) is 0 Å². The number of hydrogen-bond acceptors (Lipinski definition) is 4. The fourth-order valence-corrected chi connectivity index (χ4v) is 1.82. The number of ether oxygens (including phenoxy) is 1. The van der Waals surface area contributed by atoms with Crippen molar-refractivity contribution >= 4 is 17.2 Å². The zero-order chi connectivity index (χ0) is 13.5. The minimum Gasteiger partial charge on any atom is -0.492 e. The van der Waals surface area contributed by atoms with Gasteiger partial charge in [0.05, 0.1) is 11.7 Å². The first-order chi connectivity index (χ1) is 8.50. The Hall–Kier alpha value is -1.17. The van der Waals surface area contributed by atoms with Crippen molar-refractivity contribution in [3.8, 4) is 5.75 Å². The molecular formula is C13H20N2O2S. The van der Waals surface area contributed by atoms with E-state index in [-0.39, 0.29) is 6.10 Å². The summed E-state index contributed by atoms with van der Waals surface area (Å²) in [6, 6.07) is 7.46. The van der Waals surface area contributed by atoms with E-state index < -0.39 is 0 Å². The lowest BCUT2D eigenvalue weighted by atomic mass is 10.2. The fourth-order valence-electron chi connectivity index (χ4n) is 1.65. The van der Waals surface area contributed by atoms with E-state index in [1.165, 1.54) is 0 Å². The Morgan fingerprint density at radius 2 is 2.17 bits per heavy atom. The molecule has 1 aromatic rings. The van der Waals surface area contributed by atoms with Gasteiger partial charge in [0.15, 0.2) is 0 Å². The van der Waals surface area contributed by atoms with E-state index in [2.05, 4.69) is 0 Å². The van der Waals surface area contributed by atoms with Crippen LogP contribution in [-0.4, -0.2) is 47.8 Å². The summed E-state index contributed by atoms with van der Waals surface area (Å²) < 4.78 is 5.66. The van der Waals surface area contributed by atoms with Crippen LogP contribution in [0.3, 0.4) is 0 Å². The number of nitrogens with two attached hydrogens (primary N) is 1. The summed E-state index contributed by atoms with van der Waals surface area (Å²) in [5.74, 6) is 0.704. The van der Waals surface area contributed by atoms with Crippen molar-refractivity contribution in [1.29, 1.82) is 0 Å². The molecular weight excluding hydrogens is 248 g/mol. The lowest BCUT2D eigenvalue weighted by molar-refractivity contribution is 0.131. The van der Waals surface area contributed by atoms with E-state index in [9.17, 15) is 5.11 Å². The third-order valence-corrected chi connectivity index (χ3v) is 2.68. The highest BCUT2D eigenvalue weighted by atomic mass is 32.1. The van der Waals surface area contributed by atoms with Gasteiger partial charge in [0, 0.05) is 13.1 Å². The topological polar surface area (TPSA) is 58.7 Å². The first-order valence-electron chi connectivity index (χ1n) is 5.89. The second-order valence-electron chi connectivity index (χ2n) is 4.32. The van der Waals surface area contributed by atoms with Gasteiger partial charge in [0.25, 0.3) is 0 Å². The fraction of sp³-hybridized carbons (Fsp3) is 0.462. The average molecular weight is 268 g/mol. The summed E-state index contributed by atoms with van der Waals surface area (Å²) in [7, 11) is 1.94. The zero-order valence-electron chi connectivity index (χ0n) is 10.8. The van der Waals surface area contributed by atoms with Gasteiger partial charge < -0.3 is 20.5 Å². The van der Waals surface area contributed by atoms with Crippen molar-refractivity contribution in [2.45, 2.75) is 13.0 Å². The number of likely N-dealkylation sites (N-methyl/N-ethyl adjacent to an activating group) is 1. The number of para-hydroxylation sites is 1. The molecule has 1 unspecified atom stereocenters. The van der Waals surface area contributed by atoms with Gasteiger partial charge in [0.2, 0.25) is 0 Å². The largest absolute Gasteiger partial charge is 0.492 e. The first kappa shape index (κ1) is 14.9. The molecule has 0 spiro atoms. The standard InChI is InChI=1S/C13H20N2O2S/c1-10(16)9-15(2)7-8-17-12-6-4-3-5-11(12)13(14)18/h3-6,10,16H,7-9H2,1-2H3,(H2,14,18). The minimum atomic E-state index is -0.334. The highest BCUT2D eigenvalue weighted by Gasteiger charge is 2.06. The molecule has 0 aliphatic carbocycles. The Morgan fingerprint density at radius 3 is 2.78 bits per heavy atom.